The zero-order valence-corrected chi connectivity index (χ0v) is 23.3. The molecule has 1 N–H and O–H groups in total. The Morgan fingerprint density at radius 2 is 1.72 bits per heavy atom. The predicted octanol–water partition coefficient (Wildman–Crippen LogP) is 3.72. The molecule has 0 saturated carbocycles. The molecule has 0 unspecified atom stereocenters. The van der Waals surface area contributed by atoms with Gasteiger partial charge < -0.3 is 9.84 Å². The van der Waals surface area contributed by atoms with Crippen LogP contribution in [0.1, 0.15) is 13.8 Å². The number of fused-ring (bicyclic) bond motifs is 1. The van der Waals surface area contributed by atoms with Crippen LogP contribution in [0.5, 0.6) is 5.75 Å². The largest absolute Gasteiger partial charge is 0.487 e. The van der Waals surface area contributed by atoms with Crippen molar-refractivity contribution in [1.29, 1.82) is 0 Å². The lowest BCUT2D eigenvalue weighted by Crippen LogP contribution is -2.50. The predicted molar refractivity (Wildman–Crippen MR) is 142 cm³/mol. The van der Waals surface area contributed by atoms with Crippen molar-refractivity contribution in [3.63, 3.8) is 0 Å². The minimum Gasteiger partial charge on any atom is -0.487 e. The summed E-state index contributed by atoms with van der Waals surface area (Å²) in [6.45, 7) is 2.70. The third-order valence-electron chi connectivity index (χ3n) is 6.78. The fraction of sp³-hybridized carbons (Fsp3) is 0.333. The van der Waals surface area contributed by atoms with Crippen LogP contribution in [0, 0.1) is 17.6 Å². The van der Waals surface area contributed by atoms with E-state index in [2.05, 4.69) is 0 Å². The smallest absolute Gasteiger partial charge is 0.247 e. The number of aliphatic hydroxyl groups is 1. The Morgan fingerprint density at radius 1 is 1.05 bits per heavy atom. The summed E-state index contributed by atoms with van der Waals surface area (Å²) in [5.74, 6) is -1.56. The monoisotopic (exact) mass is 580 g/mol. The zero-order valence-electron chi connectivity index (χ0n) is 21.7. The van der Waals surface area contributed by atoms with Gasteiger partial charge in [0.1, 0.15) is 28.4 Å². The average molecular weight is 581 g/mol. The Morgan fingerprint density at radius 3 is 2.36 bits per heavy atom. The molecule has 210 valence electrons. The van der Waals surface area contributed by atoms with E-state index in [1.54, 1.807) is 26.0 Å². The van der Waals surface area contributed by atoms with Gasteiger partial charge in [0.05, 0.1) is 18.0 Å². The molecule has 0 radical (unpaired) electrons. The van der Waals surface area contributed by atoms with Crippen LogP contribution in [0.2, 0.25) is 0 Å². The van der Waals surface area contributed by atoms with E-state index in [4.69, 9.17) is 4.74 Å². The number of sulfonamides is 2. The Bertz CT molecular complexity index is 1550. The van der Waals surface area contributed by atoms with Crippen molar-refractivity contribution in [3.05, 3.63) is 78.4 Å². The van der Waals surface area contributed by atoms with E-state index in [0.717, 1.165) is 16.4 Å². The number of nitrogens with zero attached hydrogens (tertiary/aromatic N) is 2. The topological polar surface area (TPSA) is 104 Å². The first kappa shape index (κ1) is 29.1. The molecule has 0 amide bonds. The van der Waals surface area contributed by atoms with Crippen LogP contribution in [-0.4, -0.2) is 69.4 Å². The molecule has 12 heteroatoms. The zero-order chi connectivity index (χ0) is 28.5. The number of likely N-dealkylation sites (N-methyl/N-ethyl adjacent to an activating group) is 1. The number of hydrogen-bond acceptors (Lipinski definition) is 6. The second-order valence-electron chi connectivity index (χ2n) is 9.65. The normalized spacial score (nSPS) is 20.5. The average Bonchev–Trinajstić information content (AvgIpc) is 2.90. The maximum absolute atomic E-state index is 13.9. The summed E-state index contributed by atoms with van der Waals surface area (Å²) in [4.78, 5) is -0.249. The van der Waals surface area contributed by atoms with Gasteiger partial charge in [-0.05, 0) is 66.6 Å². The van der Waals surface area contributed by atoms with Crippen LogP contribution in [0.25, 0.3) is 11.1 Å². The van der Waals surface area contributed by atoms with Gasteiger partial charge in [-0.2, -0.15) is 8.61 Å². The van der Waals surface area contributed by atoms with Crippen LogP contribution < -0.4 is 4.74 Å². The Balaban J connectivity index is 1.77. The molecule has 3 aromatic rings. The molecule has 8 nitrogen and oxygen atoms in total. The van der Waals surface area contributed by atoms with Crippen LogP contribution in [0.3, 0.4) is 0 Å². The van der Waals surface area contributed by atoms with Crippen molar-refractivity contribution in [3.8, 4) is 16.9 Å². The molecule has 0 saturated heterocycles. The summed E-state index contributed by atoms with van der Waals surface area (Å²) in [5, 5.41) is 9.81. The van der Waals surface area contributed by atoms with Gasteiger partial charge in [-0.3, -0.25) is 0 Å². The van der Waals surface area contributed by atoms with Crippen LogP contribution in [0.15, 0.2) is 76.5 Å². The van der Waals surface area contributed by atoms with Crippen LogP contribution in [0.4, 0.5) is 8.78 Å². The first-order chi connectivity index (χ1) is 18.3. The second kappa shape index (κ2) is 11.3. The van der Waals surface area contributed by atoms with Crippen molar-refractivity contribution in [1.82, 2.24) is 8.61 Å². The molecule has 3 atom stereocenters. The summed E-state index contributed by atoms with van der Waals surface area (Å²) in [5.41, 5.74) is 1.01. The second-order valence-corrected chi connectivity index (χ2v) is 13.6. The number of benzene rings is 3. The number of aliphatic hydroxyl groups excluding tert-OH is 1. The van der Waals surface area contributed by atoms with Crippen molar-refractivity contribution < 1.29 is 35.5 Å². The molecular weight excluding hydrogens is 550 g/mol. The van der Waals surface area contributed by atoms with E-state index in [-0.39, 0.29) is 28.6 Å². The van der Waals surface area contributed by atoms with Crippen molar-refractivity contribution >= 4 is 20.0 Å². The maximum atomic E-state index is 13.9. The van der Waals surface area contributed by atoms with E-state index < -0.39 is 56.4 Å². The lowest BCUT2D eigenvalue weighted by Gasteiger charge is -2.37. The summed E-state index contributed by atoms with van der Waals surface area (Å²) >= 11 is 0. The molecular formula is C27H30F2N2O6S2. The molecule has 1 aliphatic heterocycles. The fourth-order valence-corrected chi connectivity index (χ4v) is 7.44. The summed E-state index contributed by atoms with van der Waals surface area (Å²) in [7, 11) is -6.77. The molecule has 39 heavy (non-hydrogen) atoms. The Hall–Kier alpha value is -2.90. The molecule has 3 aromatic carbocycles. The summed E-state index contributed by atoms with van der Waals surface area (Å²) in [6, 6.07) is 13.9. The first-order valence-corrected chi connectivity index (χ1v) is 15.1. The first-order valence-electron chi connectivity index (χ1n) is 12.3. The van der Waals surface area contributed by atoms with Gasteiger partial charge >= 0.3 is 0 Å². The minimum absolute atomic E-state index is 0.0176. The molecule has 0 spiro atoms. The molecule has 1 aliphatic rings. The number of rotatable bonds is 7. The van der Waals surface area contributed by atoms with E-state index >= 15 is 0 Å². The molecule has 0 aliphatic carbocycles. The fourth-order valence-electron chi connectivity index (χ4n) is 4.43. The summed E-state index contributed by atoms with van der Waals surface area (Å²) < 4.78 is 89.5. The van der Waals surface area contributed by atoms with Gasteiger partial charge in [0.15, 0.2) is 0 Å². The van der Waals surface area contributed by atoms with Crippen molar-refractivity contribution in [2.45, 2.75) is 35.8 Å². The Labute approximate surface area is 227 Å². The highest BCUT2D eigenvalue weighted by Gasteiger charge is 2.39. The molecule has 0 aromatic heterocycles. The molecule has 0 bridgehead atoms. The lowest BCUT2D eigenvalue weighted by molar-refractivity contribution is 0.0905. The third-order valence-corrected chi connectivity index (χ3v) is 10.6. The van der Waals surface area contributed by atoms with Crippen molar-refractivity contribution in [2.24, 2.45) is 5.92 Å². The van der Waals surface area contributed by atoms with Gasteiger partial charge in [-0.1, -0.05) is 25.1 Å². The molecule has 0 fully saturated rings. The van der Waals surface area contributed by atoms with Crippen molar-refractivity contribution in [2.75, 3.05) is 26.7 Å². The SMILES string of the molecule is C[C@H](CO)N1C[C@H](C)[C@H](CN(C)S(=O)(=O)c2ccc(F)cc2)Oc2cc(-c3cccc(F)c3)ccc2S1(=O)=O. The highest BCUT2D eigenvalue weighted by molar-refractivity contribution is 7.89. The third kappa shape index (κ3) is 5.99. The number of hydrogen-bond donors (Lipinski definition) is 1. The van der Waals surface area contributed by atoms with E-state index in [1.807, 2.05) is 0 Å². The van der Waals surface area contributed by atoms with Gasteiger partial charge in [-0.15, -0.1) is 0 Å². The van der Waals surface area contributed by atoms with Crippen LogP contribution >= 0.6 is 0 Å². The van der Waals surface area contributed by atoms with Gasteiger partial charge in [-0.25, -0.2) is 25.6 Å². The number of halogens is 2. The van der Waals surface area contributed by atoms with E-state index in [0.29, 0.717) is 11.1 Å². The Kier molecular flexibility index (Phi) is 8.43. The minimum atomic E-state index is -4.11. The molecule has 1 heterocycles. The maximum Gasteiger partial charge on any atom is 0.247 e. The van der Waals surface area contributed by atoms with Gasteiger partial charge in [0, 0.05) is 25.6 Å². The summed E-state index contributed by atoms with van der Waals surface area (Å²) in [6.07, 6.45) is -0.810. The molecule has 4 rings (SSSR count). The number of ether oxygens (including phenoxy) is 1. The van der Waals surface area contributed by atoms with E-state index in [1.165, 1.54) is 53.8 Å². The van der Waals surface area contributed by atoms with Gasteiger partial charge in [0.2, 0.25) is 20.0 Å². The highest BCUT2D eigenvalue weighted by atomic mass is 32.2. The van der Waals surface area contributed by atoms with Crippen LogP contribution in [-0.2, 0) is 20.0 Å². The quantitative estimate of drug-likeness (QED) is 0.457. The standard InChI is InChI=1S/C27H30F2N2O6S2/c1-18-15-31(19(2)17-32)39(35,36)27-12-7-21(20-5-4-6-23(29)13-20)14-25(27)37-26(18)16-30(3)38(33,34)24-10-8-22(28)9-11-24/h4-14,18-19,26,32H,15-17H2,1-3H3/t18-,19+,26-/m0/s1. The van der Waals surface area contributed by atoms with E-state index in [9.17, 15) is 30.7 Å². The lowest BCUT2D eigenvalue weighted by atomic mass is 10.0. The van der Waals surface area contributed by atoms with Gasteiger partial charge in [0.25, 0.3) is 0 Å². The highest BCUT2D eigenvalue weighted by Crippen LogP contribution is 2.37.